The molecule has 0 amide bonds. The molecule has 82 valence electrons. The van der Waals surface area contributed by atoms with E-state index in [4.69, 9.17) is 5.73 Å². The van der Waals surface area contributed by atoms with Gasteiger partial charge in [-0.3, -0.25) is 4.98 Å². The molecule has 0 aliphatic rings. The van der Waals surface area contributed by atoms with Gasteiger partial charge in [-0.05, 0) is 17.7 Å². The van der Waals surface area contributed by atoms with E-state index in [0.29, 0.717) is 6.54 Å². The van der Waals surface area contributed by atoms with Crippen LogP contribution in [0.25, 0.3) is 0 Å². The zero-order valence-electron chi connectivity index (χ0n) is 8.88. The topological polar surface area (TPSA) is 59.1 Å². The Balaban J connectivity index is 2.41. The lowest BCUT2D eigenvalue weighted by Gasteiger charge is -2.16. The molecule has 0 saturated heterocycles. The number of rotatable bonds is 3. The number of hydrogen-bond donors (Lipinski definition) is 2. The molecule has 1 aromatic carbocycles. The Morgan fingerprint density at radius 2 is 2.00 bits per heavy atom. The number of para-hydroxylation sites is 1. The molecule has 0 bridgehead atoms. The number of aromatic nitrogens is 1. The molecular formula is C13H14N2O. The molecule has 16 heavy (non-hydrogen) atoms. The predicted molar refractivity (Wildman–Crippen MR) is 63.2 cm³/mol. The molecule has 1 unspecified atom stereocenters. The van der Waals surface area contributed by atoms with Crippen LogP contribution in [0.3, 0.4) is 0 Å². The summed E-state index contributed by atoms with van der Waals surface area (Å²) >= 11 is 0. The predicted octanol–water partition coefficient (Wildman–Crippen LogP) is 1.88. The van der Waals surface area contributed by atoms with Crippen molar-refractivity contribution in [2.75, 3.05) is 6.54 Å². The Hall–Kier alpha value is -1.87. The van der Waals surface area contributed by atoms with Crippen molar-refractivity contribution in [2.24, 2.45) is 5.73 Å². The minimum absolute atomic E-state index is 0.00472. The van der Waals surface area contributed by atoms with Gasteiger partial charge in [-0.15, -0.1) is 0 Å². The second-order valence-corrected chi connectivity index (χ2v) is 3.63. The lowest BCUT2D eigenvalue weighted by molar-refractivity contribution is 0.465. The average molecular weight is 214 g/mol. The van der Waals surface area contributed by atoms with Crippen molar-refractivity contribution in [3.8, 4) is 5.75 Å². The van der Waals surface area contributed by atoms with Crippen LogP contribution in [-0.2, 0) is 0 Å². The molecule has 1 heterocycles. The lowest BCUT2D eigenvalue weighted by Crippen LogP contribution is -2.14. The highest BCUT2D eigenvalue weighted by molar-refractivity contribution is 5.40. The zero-order chi connectivity index (χ0) is 11.4. The molecule has 0 radical (unpaired) electrons. The van der Waals surface area contributed by atoms with Crippen molar-refractivity contribution < 1.29 is 5.11 Å². The second kappa shape index (κ2) is 4.77. The molecule has 1 atom stereocenters. The maximum atomic E-state index is 9.80. The number of nitrogens with two attached hydrogens (primary N) is 1. The third-order valence-corrected chi connectivity index (χ3v) is 2.63. The molecule has 0 aliphatic heterocycles. The van der Waals surface area contributed by atoms with E-state index >= 15 is 0 Å². The summed E-state index contributed by atoms with van der Waals surface area (Å²) in [5, 5.41) is 9.80. The highest BCUT2D eigenvalue weighted by Crippen LogP contribution is 2.29. The summed E-state index contributed by atoms with van der Waals surface area (Å²) in [6, 6.07) is 11.1. The van der Waals surface area contributed by atoms with Gasteiger partial charge in [0.2, 0.25) is 0 Å². The quantitative estimate of drug-likeness (QED) is 0.820. The minimum atomic E-state index is -0.00472. The van der Waals surface area contributed by atoms with Gasteiger partial charge in [-0.25, -0.2) is 0 Å². The summed E-state index contributed by atoms with van der Waals surface area (Å²) < 4.78 is 0. The maximum absolute atomic E-state index is 9.80. The molecule has 0 saturated carbocycles. The number of nitrogens with zero attached hydrogens (tertiary/aromatic N) is 1. The molecule has 0 spiro atoms. The van der Waals surface area contributed by atoms with E-state index in [1.54, 1.807) is 24.5 Å². The van der Waals surface area contributed by atoms with Gasteiger partial charge < -0.3 is 10.8 Å². The maximum Gasteiger partial charge on any atom is 0.119 e. The molecular weight excluding hydrogens is 200 g/mol. The van der Waals surface area contributed by atoms with Crippen molar-refractivity contribution in [2.45, 2.75) is 5.92 Å². The van der Waals surface area contributed by atoms with Gasteiger partial charge in [0, 0.05) is 30.4 Å². The fraction of sp³-hybridized carbons (Fsp3) is 0.154. The molecule has 0 aliphatic carbocycles. The van der Waals surface area contributed by atoms with E-state index in [2.05, 4.69) is 4.98 Å². The summed E-state index contributed by atoms with van der Waals surface area (Å²) in [4.78, 5) is 4.07. The molecule has 3 nitrogen and oxygen atoms in total. The van der Waals surface area contributed by atoms with Gasteiger partial charge in [0.1, 0.15) is 5.75 Å². The fourth-order valence-corrected chi connectivity index (χ4v) is 1.81. The first kappa shape index (κ1) is 10.6. The summed E-state index contributed by atoms with van der Waals surface area (Å²) in [5.74, 6) is 0.275. The number of hydrogen-bond acceptors (Lipinski definition) is 3. The summed E-state index contributed by atoms with van der Waals surface area (Å²) in [6.07, 6.45) is 3.51. The Bertz CT molecular complexity index is 456. The number of phenols is 1. The van der Waals surface area contributed by atoms with Crippen LogP contribution >= 0.6 is 0 Å². The van der Waals surface area contributed by atoms with E-state index in [1.807, 2.05) is 24.3 Å². The number of phenolic OH excluding ortho intramolecular Hbond substituents is 1. The van der Waals surface area contributed by atoms with E-state index in [9.17, 15) is 5.11 Å². The Morgan fingerprint density at radius 3 is 2.62 bits per heavy atom. The third kappa shape index (κ3) is 2.04. The molecule has 1 aromatic heterocycles. The average Bonchev–Trinajstić information content (AvgIpc) is 2.34. The van der Waals surface area contributed by atoms with E-state index in [-0.39, 0.29) is 11.7 Å². The Kier molecular flexibility index (Phi) is 3.17. The van der Waals surface area contributed by atoms with Crippen LogP contribution in [0.15, 0.2) is 48.8 Å². The van der Waals surface area contributed by atoms with Crippen LogP contribution in [-0.4, -0.2) is 16.6 Å². The van der Waals surface area contributed by atoms with Crippen molar-refractivity contribution >= 4 is 0 Å². The standard InChI is InChI=1S/C13H14N2O/c14-8-12(10-4-3-7-15-9-10)11-5-1-2-6-13(11)16/h1-7,9,12,16H,8,14H2. The number of pyridine rings is 1. The monoisotopic (exact) mass is 214 g/mol. The zero-order valence-corrected chi connectivity index (χ0v) is 8.88. The smallest absolute Gasteiger partial charge is 0.119 e. The second-order valence-electron chi connectivity index (χ2n) is 3.63. The number of aromatic hydroxyl groups is 1. The van der Waals surface area contributed by atoms with Crippen molar-refractivity contribution in [1.82, 2.24) is 4.98 Å². The van der Waals surface area contributed by atoms with Crippen LogP contribution < -0.4 is 5.73 Å². The molecule has 2 rings (SSSR count). The number of benzene rings is 1. The SMILES string of the molecule is NCC(c1cccnc1)c1ccccc1O. The van der Waals surface area contributed by atoms with E-state index < -0.39 is 0 Å². The minimum Gasteiger partial charge on any atom is -0.508 e. The Labute approximate surface area is 94.6 Å². The lowest BCUT2D eigenvalue weighted by atomic mass is 9.92. The van der Waals surface area contributed by atoms with Crippen molar-refractivity contribution in [1.29, 1.82) is 0 Å². The fourth-order valence-electron chi connectivity index (χ4n) is 1.81. The normalized spacial score (nSPS) is 12.3. The first-order chi connectivity index (χ1) is 7.83. The molecule has 3 heteroatoms. The first-order valence-electron chi connectivity index (χ1n) is 5.21. The van der Waals surface area contributed by atoms with Gasteiger partial charge in [0.15, 0.2) is 0 Å². The van der Waals surface area contributed by atoms with Crippen LogP contribution in [0.2, 0.25) is 0 Å². The van der Waals surface area contributed by atoms with E-state index in [1.165, 1.54) is 0 Å². The van der Waals surface area contributed by atoms with Crippen LogP contribution in [0.4, 0.5) is 0 Å². The van der Waals surface area contributed by atoms with E-state index in [0.717, 1.165) is 11.1 Å². The van der Waals surface area contributed by atoms with Gasteiger partial charge in [0.25, 0.3) is 0 Å². The molecule has 2 aromatic rings. The van der Waals surface area contributed by atoms with Gasteiger partial charge >= 0.3 is 0 Å². The largest absolute Gasteiger partial charge is 0.508 e. The van der Waals surface area contributed by atoms with Gasteiger partial charge in [0.05, 0.1) is 0 Å². The highest BCUT2D eigenvalue weighted by atomic mass is 16.3. The van der Waals surface area contributed by atoms with Crippen LogP contribution in [0.1, 0.15) is 17.0 Å². The molecule has 3 N–H and O–H groups in total. The van der Waals surface area contributed by atoms with Crippen LogP contribution in [0, 0.1) is 0 Å². The molecule has 0 fully saturated rings. The summed E-state index contributed by atoms with van der Waals surface area (Å²) in [7, 11) is 0. The summed E-state index contributed by atoms with van der Waals surface area (Å²) in [5.41, 5.74) is 7.63. The van der Waals surface area contributed by atoms with Crippen molar-refractivity contribution in [3.05, 3.63) is 59.9 Å². The highest BCUT2D eigenvalue weighted by Gasteiger charge is 2.15. The van der Waals surface area contributed by atoms with Crippen LogP contribution in [0.5, 0.6) is 5.75 Å². The summed E-state index contributed by atoms with van der Waals surface area (Å²) in [6.45, 7) is 0.448. The van der Waals surface area contributed by atoms with Gasteiger partial charge in [-0.1, -0.05) is 24.3 Å². The first-order valence-corrected chi connectivity index (χ1v) is 5.21. The third-order valence-electron chi connectivity index (χ3n) is 2.63. The van der Waals surface area contributed by atoms with Gasteiger partial charge in [-0.2, -0.15) is 0 Å². The Morgan fingerprint density at radius 1 is 1.19 bits per heavy atom. The van der Waals surface area contributed by atoms with Crippen molar-refractivity contribution in [3.63, 3.8) is 0 Å².